The van der Waals surface area contributed by atoms with E-state index in [9.17, 15) is 9.59 Å². The normalized spacial score (nSPS) is 23.8. The maximum absolute atomic E-state index is 13.7. The highest BCUT2D eigenvalue weighted by Gasteiger charge is 2.48. The van der Waals surface area contributed by atoms with Crippen LogP contribution in [0.4, 0.5) is 0 Å². The van der Waals surface area contributed by atoms with E-state index in [1.807, 2.05) is 31.2 Å². The molecule has 2 fully saturated rings. The lowest BCUT2D eigenvalue weighted by Gasteiger charge is -2.27. The zero-order valence-corrected chi connectivity index (χ0v) is 16.8. The van der Waals surface area contributed by atoms with Gasteiger partial charge in [0, 0.05) is 18.7 Å². The van der Waals surface area contributed by atoms with E-state index >= 15 is 0 Å². The molecule has 2 aliphatic rings. The summed E-state index contributed by atoms with van der Waals surface area (Å²) in [4.78, 5) is 28.0. The third-order valence-electron chi connectivity index (χ3n) is 6.31. The van der Waals surface area contributed by atoms with Crippen LogP contribution >= 0.6 is 0 Å². The van der Waals surface area contributed by atoms with Crippen LogP contribution in [0.15, 0.2) is 48.5 Å². The molecule has 3 N–H and O–H groups in total. The van der Waals surface area contributed by atoms with Crippen LogP contribution in [0.2, 0.25) is 0 Å². The minimum absolute atomic E-state index is 0.0350. The monoisotopic (exact) mass is 390 g/mol. The molecule has 29 heavy (non-hydrogen) atoms. The second-order valence-electron chi connectivity index (χ2n) is 8.15. The molecule has 0 spiro atoms. The lowest BCUT2D eigenvalue weighted by atomic mass is 9.86. The van der Waals surface area contributed by atoms with E-state index in [4.69, 9.17) is 5.73 Å². The summed E-state index contributed by atoms with van der Waals surface area (Å²) in [6.07, 6.45) is 3.10. The molecule has 5 nitrogen and oxygen atoms in total. The molecule has 3 atom stereocenters. The van der Waals surface area contributed by atoms with Crippen LogP contribution in [-0.2, 0) is 0 Å². The first kappa shape index (κ1) is 19.8. The van der Waals surface area contributed by atoms with Crippen molar-refractivity contribution in [2.75, 3.05) is 26.2 Å². The number of aryl methyl sites for hydroxylation is 1. The Labute approximate surface area is 172 Å². The average Bonchev–Trinajstić information content (AvgIpc) is 3.29. The van der Waals surface area contributed by atoms with E-state index < -0.39 is 5.91 Å². The molecule has 1 amide bonds. The number of carbonyl (C=O) groups is 2. The van der Waals surface area contributed by atoms with Gasteiger partial charge < -0.3 is 11.1 Å². The van der Waals surface area contributed by atoms with Crippen molar-refractivity contribution in [2.24, 2.45) is 17.6 Å². The number of primary amides is 1. The number of fused-ring (bicyclic) bond motifs is 1. The van der Waals surface area contributed by atoms with Gasteiger partial charge in [0.25, 0.3) is 0 Å². The minimum Gasteiger partial charge on any atom is -0.366 e. The van der Waals surface area contributed by atoms with Crippen molar-refractivity contribution in [3.63, 3.8) is 0 Å². The van der Waals surface area contributed by atoms with E-state index in [2.05, 4.69) is 28.8 Å². The van der Waals surface area contributed by atoms with Crippen LogP contribution in [0.3, 0.4) is 0 Å². The summed E-state index contributed by atoms with van der Waals surface area (Å²) in [5, 5.41) is 3.44. The van der Waals surface area contributed by atoms with Crippen molar-refractivity contribution in [3.8, 4) is 0 Å². The number of nitrogens with two attached hydrogens (primary N) is 1. The van der Waals surface area contributed by atoms with Crippen molar-refractivity contribution >= 4 is 11.7 Å². The summed E-state index contributed by atoms with van der Waals surface area (Å²) < 4.78 is 0. The van der Waals surface area contributed by atoms with Gasteiger partial charge in [-0.25, -0.2) is 0 Å². The number of carbonyl (C=O) groups excluding carboxylic acids is 2. The Balaban J connectivity index is 1.56. The van der Waals surface area contributed by atoms with Crippen LogP contribution in [0.1, 0.15) is 38.3 Å². The fourth-order valence-corrected chi connectivity index (χ4v) is 4.93. The highest BCUT2D eigenvalue weighted by atomic mass is 16.1. The fraction of sp³-hybridized carbons (Fsp3) is 0.375. The quantitative estimate of drug-likeness (QED) is 0.712. The van der Waals surface area contributed by atoms with Crippen LogP contribution in [0, 0.1) is 25.2 Å². The van der Waals surface area contributed by atoms with Crippen molar-refractivity contribution in [1.82, 2.24) is 10.2 Å². The summed E-state index contributed by atoms with van der Waals surface area (Å²) in [5.41, 5.74) is 8.43. The summed E-state index contributed by atoms with van der Waals surface area (Å²) in [6.45, 7) is 5.42. The largest absolute Gasteiger partial charge is 0.366 e. The minimum atomic E-state index is -0.542. The van der Waals surface area contributed by atoms with Crippen molar-refractivity contribution < 1.29 is 9.59 Å². The number of ketones is 1. The van der Waals surface area contributed by atoms with Gasteiger partial charge >= 0.3 is 0 Å². The molecule has 2 aromatic rings. The third kappa shape index (κ3) is 3.98. The van der Waals surface area contributed by atoms with E-state index in [0.29, 0.717) is 17.0 Å². The summed E-state index contributed by atoms with van der Waals surface area (Å²) >= 11 is 0. The summed E-state index contributed by atoms with van der Waals surface area (Å²) in [6, 6.07) is 15.4. The van der Waals surface area contributed by atoms with Crippen LogP contribution in [0.25, 0.3) is 0 Å². The summed E-state index contributed by atoms with van der Waals surface area (Å²) in [5.74, 6) is 0.245. The van der Waals surface area contributed by atoms with Gasteiger partial charge in [0.15, 0.2) is 5.78 Å². The number of amides is 1. The number of hydrogen-bond donors (Lipinski definition) is 2. The highest BCUT2D eigenvalue weighted by molar-refractivity contribution is 6.10. The zero-order chi connectivity index (χ0) is 20.4. The highest BCUT2D eigenvalue weighted by Crippen LogP contribution is 2.35. The molecule has 0 aromatic heterocycles. The van der Waals surface area contributed by atoms with Gasteiger partial charge in [-0.2, -0.15) is 0 Å². The Morgan fingerprint density at radius 2 is 1.93 bits per heavy atom. The van der Waals surface area contributed by atoms with Gasteiger partial charge in [0.1, 0.15) is 0 Å². The number of benzene rings is 2. The number of nitrogens with one attached hydrogen (secondary N) is 1. The molecule has 4 rings (SSSR count). The Kier molecular flexibility index (Phi) is 5.79. The molecule has 0 aliphatic carbocycles. The standard InChI is InChI=1S/C24H28N3O2/c1-16-7-5-11-19(24(25)29)21(16)23(28)22-20-14-26-13-18(20)15-27(22)12-6-10-17-8-3-2-4-9-17/h2-5,7-11,18,20,22,26H,6,12-15H2,1H3,(H2,25,29)/t18?,20-,22+/m1/s1. The van der Waals surface area contributed by atoms with E-state index in [0.717, 1.165) is 38.2 Å². The van der Waals surface area contributed by atoms with E-state index in [1.165, 1.54) is 5.56 Å². The number of likely N-dealkylation sites (tertiary alicyclic amines) is 1. The molecule has 1 unspecified atom stereocenters. The molecule has 0 bridgehead atoms. The second kappa shape index (κ2) is 8.47. The summed E-state index contributed by atoms with van der Waals surface area (Å²) in [7, 11) is 0. The number of nitrogens with zero attached hydrogens (tertiary/aromatic N) is 1. The second-order valence-corrected chi connectivity index (χ2v) is 8.15. The molecular formula is C24H28N3O2. The molecule has 2 saturated heterocycles. The predicted octanol–water partition coefficient (Wildman–Crippen LogP) is 2.44. The molecule has 2 heterocycles. The number of rotatable bonds is 7. The van der Waals surface area contributed by atoms with Crippen molar-refractivity contribution in [1.29, 1.82) is 0 Å². The van der Waals surface area contributed by atoms with Crippen molar-refractivity contribution in [2.45, 2.75) is 19.4 Å². The van der Waals surface area contributed by atoms with E-state index in [1.54, 1.807) is 12.1 Å². The van der Waals surface area contributed by atoms with Crippen molar-refractivity contribution in [3.05, 3.63) is 77.2 Å². The third-order valence-corrected chi connectivity index (χ3v) is 6.31. The van der Waals surface area contributed by atoms with Crippen LogP contribution in [0.5, 0.6) is 0 Å². The molecule has 1 radical (unpaired) electrons. The average molecular weight is 391 g/mol. The maximum atomic E-state index is 13.7. The van der Waals surface area contributed by atoms with Crippen LogP contribution < -0.4 is 11.1 Å². The van der Waals surface area contributed by atoms with Gasteiger partial charge in [0.2, 0.25) is 5.91 Å². The van der Waals surface area contributed by atoms with Gasteiger partial charge in [-0.05, 0) is 61.9 Å². The molecule has 2 aliphatic heterocycles. The maximum Gasteiger partial charge on any atom is 0.249 e. The smallest absolute Gasteiger partial charge is 0.249 e. The first-order valence-corrected chi connectivity index (χ1v) is 10.3. The van der Waals surface area contributed by atoms with E-state index in [-0.39, 0.29) is 17.7 Å². The lowest BCUT2D eigenvalue weighted by molar-refractivity contribution is 0.0827. The van der Waals surface area contributed by atoms with Gasteiger partial charge in [0.05, 0.1) is 11.6 Å². The Hall–Kier alpha value is -2.50. The zero-order valence-electron chi connectivity index (χ0n) is 16.8. The lowest BCUT2D eigenvalue weighted by Crippen LogP contribution is -2.43. The fourth-order valence-electron chi connectivity index (χ4n) is 4.93. The molecule has 0 saturated carbocycles. The Morgan fingerprint density at radius 1 is 1.14 bits per heavy atom. The van der Waals surface area contributed by atoms with Crippen LogP contribution in [-0.4, -0.2) is 48.8 Å². The Morgan fingerprint density at radius 3 is 2.69 bits per heavy atom. The van der Waals surface area contributed by atoms with Gasteiger partial charge in [-0.3, -0.25) is 14.5 Å². The topological polar surface area (TPSA) is 75.4 Å². The number of Topliss-reactive ketones (excluding diaryl/α,β-unsaturated/α-hetero) is 1. The predicted molar refractivity (Wildman–Crippen MR) is 114 cm³/mol. The first-order chi connectivity index (χ1) is 14.1. The SMILES string of the molecule is Cc1cccc(C(N)=O)c1C(=O)[C@@H]1[C@@H]2CNCC2CN1CC[CH]c1ccccc1. The van der Waals surface area contributed by atoms with Gasteiger partial charge in [-0.1, -0.05) is 42.5 Å². The first-order valence-electron chi connectivity index (χ1n) is 10.3. The molecule has 151 valence electrons. The molecule has 5 heteroatoms. The number of hydrogen-bond acceptors (Lipinski definition) is 4. The Bertz CT molecular complexity index is 896. The van der Waals surface area contributed by atoms with Gasteiger partial charge in [-0.15, -0.1) is 0 Å². The molecule has 2 aromatic carbocycles. The molecular weight excluding hydrogens is 362 g/mol.